The number of carbonyl (C=O) groups is 1. The summed E-state index contributed by atoms with van der Waals surface area (Å²) in [5, 5.41) is 4.06. The van der Waals surface area contributed by atoms with Crippen LogP contribution in [0, 0.1) is 0 Å². The molecule has 1 heterocycles. The molecule has 0 saturated heterocycles. The second-order valence-corrected chi connectivity index (χ2v) is 3.49. The highest BCUT2D eigenvalue weighted by Crippen LogP contribution is 2.19. The number of Topliss-reactive ketones (excluding diaryl/α,β-unsaturated/α-hetero) is 1. The summed E-state index contributed by atoms with van der Waals surface area (Å²) in [6.45, 7) is 3.70. The molecule has 0 aliphatic rings. The molecule has 0 aliphatic carbocycles. The van der Waals surface area contributed by atoms with Crippen LogP contribution in [0.3, 0.4) is 0 Å². The van der Waals surface area contributed by atoms with Crippen molar-refractivity contribution in [3.63, 3.8) is 0 Å². The quantitative estimate of drug-likeness (QED) is 0.684. The Morgan fingerprint density at radius 2 is 2.36 bits per heavy atom. The monoisotopic (exact) mass is 196 g/mol. The first-order chi connectivity index (χ1) is 6.53. The zero-order valence-corrected chi connectivity index (χ0v) is 9.07. The maximum Gasteiger partial charge on any atom is 0.214 e. The van der Waals surface area contributed by atoms with Gasteiger partial charge in [-0.3, -0.25) is 9.48 Å². The number of carbonyl (C=O) groups excluding carboxylic acids is 1. The van der Waals surface area contributed by atoms with Crippen molar-refractivity contribution in [2.45, 2.75) is 25.9 Å². The van der Waals surface area contributed by atoms with Gasteiger partial charge in [0.25, 0.3) is 0 Å². The number of nitrogens with zero attached hydrogens (tertiary/aromatic N) is 2. The number of hydrogen-bond acceptors (Lipinski definition) is 3. The van der Waals surface area contributed by atoms with Gasteiger partial charge in [-0.25, -0.2) is 0 Å². The van der Waals surface area contributed by atoms with E-state index in [0.29, 0.717) is 12.1 Å². The van der Waals surface area contributed by atoms with Crippen LogP contribution in [-0.4, -0.2) is 28.3 Å². The highest BCUT2D eigenvalue weighted by Gasteiger charge is 2.33. The molecule has 0 bridgehead atoms. The van der Waals surface area contributed by atoms with E-state index in [9.17, 15) is 4.79 Å². The first-order valence-electron chi connectivity index (χ1n) is 4.63. The predicted molar refractivity (Wildman–Crippen MR) is 53.2 cm³/mol. The lowest BCUT2D eigenvalue weighted by Gasteiger charge is -2.23. The summed E-state index contributed by atoms with van der Waals surface area (Å²) in [4.78, 5) is 11.9. The van der Waals surface area contributed by atoms with E-state index in [1.807, 2.05) is 6.92 Å². The fourth-order valence-corrected chi connectivity index (χ4v) is 1.20. The molecule has 4 nitrogen and oxygen atoms in total. The largest absolute Gasteiger partial charge is 0.370 e. The molecule has 78 valence electrons. The highest BCUT2D eigenvalue weighted by molar-refractivity contribution is 6.00. The summed E-state index contributed by atoms with van der Waals surface area (Å²) in [7, 11) is 3.33. The minimum atomic E-state index is -0.756. The maximum absolute atomic E-state index is 11.9. The molecule has 0 aromatic carbocycles. The Kier molecular flexibility index (Phi) is 3.06. The van der Waals surface area contributed by atoms with Crippen LogP contribution in [0.4, 0.5) is 0 Å². The van der Waals surface area contributed by atoms with E-state index in [1.165, 1.54) is 0 Å². The third-order valence-corrected chi connectivity index (χ3v) is 2.55. The Hall–Kier alpha value is -1.16. The highest BCUT2D eigenvalue weighted by atomic mass is 16.5. The van der Waals surface area contributed by atoms with Gasteiger partial charge in [0.05, 0.1) is 0 Å². The van der Waals surface area contributed by atoms with Gasteiger partial charge in [0.2, 0.25) is 5.78 Å². The topological polar surface area (TPSA) is 44.1 Å². The van der Waals surface area contributed by atoms with Crippen molar-refractivity contribution >= 4 is 5.78 Å². The van der Waals surface area contributed by atoms with E-state index in [1.54, 1.807) is 38.0 Å². The van der Waals surface area contributed by atoms with Gasteiger partial charge in [0, 0.05) is 20.4 Å². The molecule has 0 fully saturated rings. The number of rotatable bonds is 4. The van der Waals surface area contributed by atoms with Crippen molar-refractivity contribution in [3.05, 3.63) is 18.0 Å². The lowest BCUT2D eigenvalue weighted by Crippen LogP contribution is -2.37. The number of aryl methyl sites for hydroxylation is 1. The number of methoxy groups -OCH3 is 1. The van der Waals surface area contributed by atoms with Crippen LogP contribution < -0.4 is 0 Å². The first-order valence-corrected chi connectivity index (χ1v) is 4.63. The van der Waals surface area contributed by atoms with Crippen LogP contribution in [0.5, 0.6) is 0 Å². The molecule has 14 heavy (non-hydrogen) atoms. The lowest BCUT2D eigenvalue weighted by atomic mass is 9.95. The third-order valence-electron chi connectivity index (χ3n) is 2.55. The summed E-state index contributed by atoms with van der Waals surface area (Å²) < 4.78 is 6.82. The van der Waals surface area contributed by atoms with Gasteiger partial charge in [0.15, 0.2) is 0 Å². The molecule has 4 heteroatoms. The van der Waals surface area contributed by atoms with E-state index < -0.39 is 5.60 Å². The fourth-order valence-electron chi connectivity index (χ4n) is 1.20. The smallest absolute Gasteiger partial charge is 0.214 e. The van der Waals surface area contributed by atoms with E-state index in [4.69, 9.17) is 4.74 Å². The second-order valence-electron chi connectivity index (χ2n) is 3.49. The minimum absolute atomic E-state index is 0.0666. The molecular formula is C10H16N2O2. The molecule has 0 amide bonds. The summed E-state index contributed by atoms with van der Waals surface area (Å²) in [5.41, 5.74) is -0.298. The van der Waals surface area contributed by atoms with Crippen LogP contribution in [0.25, 0.3) is 0 Å². The Morgan fingerprint density at radius 1 is 1.71 bits per heavy atom. The lowest BCUT2D eigenvalue weighted by molar-refractivity contribution is 0.0101. The molecule has 1 rings (SSSR count). The van der Waals surface area contributed by atoms with Crippen LogP contribution >= 0.6 is 0 Å². The molecular weight excluding hydrogens is 180 g/mol. The number of hydrogen-bond donors (Lipinski definition) is 0. The Bertz CT molecular complexity index is 327. The van der Waals surface area contributed by atoms with Crippen molar-refractivity contribution in [2.24, 2.45) is 7.05 Å². The summed E-state index contributed by atoms with van der Waals surface area (Å²) >= 11 is 0. The molecule has 1 aromatic heterocycles. The number of ether oxygens (including phenoxy) is 1. The van der Waals surface area contributed by atoms with Gasteiger partial charge < -0.3 is 4.74 Å². The summed E-state index contributed by atoms with van der Waals surface area (Å²) in [5.74, 6) is -0.0666. The second kappa shape index (κ2) is 3.92. The molecule has 0 radical (unpaired) electrons. The fraction of sp³-hybridized carbons (Fsp3) is 0.600. The van der Waals surface area contributed by atoms with Crippen molar-refractivity contribution in [2.75, 3.05) is 7.11 Å². The zero-order chi connectivity index (χ0) is 10.8. The molecule has 0 aliphatic heterocycles. The van der Waals surface area contributed by atoms with Gasteiger partial charge in [-0.05, 0) is 19.4 Å². The maximum atomic E-state index is 11.9. The molecule has 0 spiro atoms. The standard InChI is InChI=1S/C10H16N2O2/c1-5-10(2,14-4)9(13)8-6-7-12(3)11-8/h6-7H,5H2,1-4H3. The molecule has 0 N–H and O–H groups in total. The molecule has 0 saturated carbocycles. The normalized spacial score (nSPS) is 15.1. The van der Waals surface area contributed by atoms with Gasteiger partial charge >= 0.3 is 0 Å². The average Bonchev–Trinajstić information content (AvgIpc) is 2.62. The van der Waals surface area contributed by atoms with Gasteiger partial charge in [0.1, 0.15) is 11.3 Å². The van der Waals surface area contributed by atoms with E-state index >= 15 is 0 Å². The van der Waals surface area contributed by atoms with Crippen molar-refractivity contribution in [1.82, 2.24) is 9.78 Å². The zero-order valence-electron chi connectivity index (χ0n) is 9.07. The van der Waals surface area contributed by atoms with Crippen molar-refractivity contribution in [1.29, 1.82) is 0 Å². The summed E-state index contributed by atoms with van der Waals surface area (Å²) in [6, 6.07) is 1.70. The van der Waals surface area contributed by atoms with E-state index in [0.717, 1.165) is 0 Å². The minimum Gasteiger partial charge on any atom is -0.370 e. The van der Waals surface area contributed by atoms with Gasteiger partial charge in [-0.15, -0.1) is 0 Å². The van der Waals surface area contributed by atoms with E-state index in [2.05, 4.69) is 5.10 Å². The van der Waals surface area contributed by atoms with Crippen LogP contribution in [0.1, 0.15) is 30.8 Å². The van der Waals surface area contributed by atoms with Gasteiger partial charge in [-0.1, -0.05) is 6.92 Å². The van der Waals surface area contributed by atoms with Crippen molar-refractivity contribution in [3.8, 4) is 0 Å². The number of ketones is 1. The average molecular weight is 196 g/mol. The SMILES string of the molecule is CCC(C)(OC)C(=O)c1ccn(C)n1. The van der Waals surface area contributed by atoms with Crippen LogP contribution in [-0.2, 0) is 11.8 Å². The molecule has 1 unspecified atom stereocenters. The first kappa shape index (κ1) is 10.9. The Balaban J connectivity index is 2.94. The number of aromatic nitrogens is 2. The predicted octanol–water partition coefficient (Wildman–Crippen LogP) is 1.42. The molecule has 1 atom stereocenters. The Morgan fingerprint density at radius 3 is 2.71 bits per heavy atom. The molecule has 1 aromatic rings. The van der Waals surface area contributed by atoms with Crippen LogP contribution in [0.2, 0.25) is 0 Å². The van der Waals surface area contributed by atoms with Crippen molar-refractivity contribution < 1.29 is 9.53 Å². The van der Waals surface area contributed by atoms with Gasteiger partial charge in [-0.2, -0.15) is 5.10 Å². The third kappa shape index (κ3) is 1.85. The summed E-state index contributed by atoms with van der Waals surface area (Å²) in [6.07, 6.45) is 2.39. The van der Waals surface area contributed by atoms with E-state index in [-0.39, 0.29) is 5.78 Å². The Labute approximate surface area is 83.9 Å². The van der Waals surface area contributed by atoms with Crippen LogP contribution in [0.15, 0.2) is 12.3 Å².